The summed E-state index contributed by atoms with van der Waals surface area (Å²) in [6.45, 7) is 4.21. The van der Waals surface area contributed by atoms with E-state index >= 15 is 0 Å². The summed E-state index contributed by atoms with van der Waals surface area (Å²) in [6, 6.07) is 1.75. The van der Waals surface area contributed by atoms with Gasteiger partial charge in [-0.3, -0.25) is 4.79 Å². The van der Waals surface area contributed by atoms with Crippen molar-refractivity contribution >= 4 is 11.6 Å². The average molecular weight is 236 g/mol. The van der Waals surface area contributed by atoms with Gasteiger partial charge in [-0.15, -0.1) is 0 Å². The molecule has 1 atom stereocenters. The number of rotatable bonds is 2. The number of hydrogen-bond donors (Lipinski definition) is 1. The lowest BCUT2D eigenvalue weighted by molar-refractivity contribution is -0.121. The maximum Gasteiger partial charge on any atom is 0.244 e. The van der Waals surface area contributed by atoms with Gasteiger partial charge in [-0.05, 0) is 40.2 Å². The van der Waals surface area contributed by atoms with Gasteiger partial charge in [0, 0.05) is 11.6 Å². The van der Waals surface area contributed by atoms with Crippen LogP contribution in [0.15, 0.2) is 23.0 Å². The fourth-order valence-electron chi connectivity index (χ4n) is 2.56. The molecule has 0 aliphatic carbocycles. The summed E-state index contributed by atoms with van der Waals surface area (Å²) in [5.74, 6) is 0.136. The smallest absolute Gasteiger partial charge is 0.244 e. The molecule has 1 aliphatic rings. The molecular formula is C13H20N2O2. The molecule has 1 aromatic rings. The molecule has 1 aliphatic heterocycles. The van der Waals surface area contributed by atoms with Crippen molar-refractivity contribution in [2.24, 2.45) is 0 Å². The molecule has 0 saturated carbocycles. The number of nitrogens with one attached hydrogen (secondary N) is 1. The van der Waals surface area contributed by atoms with Gasteiger partial charge in [0.25, 0.3) is 0 Å². The molecule has 17 heavy (non-hydrogen) atoms. The molecule has 2 heterocycles. The summed E-state index contributed by atoms with van der Waals surface area (Å²) in [5, 5.41) is 3.10. The second kappa shape index (κ2) is 4.53. The van der Waals surface area contributed by atoms with E-state index in [-0.39, 0.29) is 17.5 Å². The van der Waals surface area contributed by atoms with Crippen molar-refractivity contribution in [3.63, 3.8) is 0 Å². The number of hydrogen-bond acceptors (Lipinski definition) is 3. The van der Waals surface area contributed by atoms with Gasteiger partial charge in [0.1, 0.15) is 6.26 Å². The quantitative estimate of drug-likeness (QED) is 0.856. The first-order chi connectivity index (χ1) is 8.06. The van der Waals surface area contributed by atoms with Crippen molar-refractivity contribution in [2.75, 3.05) is 11.9 Å². The molecule has 0 radical (unpaired) electrons. The van der Waals surface area contributed by atoms with Crippen LogP contribution in [-0.2, 0) is 4.79 Å². The van der Waals surface area contributed by atoms with Crippen LogP contribution in [0.2, 0.25) is 0 Å². The minimum absolute atomic E-state index is 0.0910. The molecule has 1 amide bonds. The fourth-order valence-corrected chi connectivity index (χ4v) is 2.56. The second-order valence-corrected chi connectivity index (χ2v) is 5.20. The van der Waals surface area contributed by atoms with Crippen molar-refractivity contribution in [3.8, 4) is 0 Å². The third-order valence-electron chi connectivity index (χ3n) is 3.52. The van der Waals surface area contributed by atoms with Crippen LogP contribution in [0.5, 0.6) is 0 Å². The Morgan fingerprint density at radius 3 is 2.88 bits per heavy atom. The summed E-state index contributed by atoms with van der Waals surface area (Å²) < 4.78 is 5.10. The number of likely N-dealkylation sites (N-methyl/N-ethyl adjacent to an activating group) is 1. The Hall–Kier alpha value is -1.29. The Morgan fingerprint density at radius 1 is 1.53 bits per heavy atom. The van der Waals surface area contributed by atoms with Gasteiger partial charge in [0.2, 0.25) is 5.91 Å². The van der Waals surface area contributed by atoms with Gasteiger partial charge in [0.15, 0.2) is 0 Å². The molecule has 1 N–H and O–H groups in total. The lowest BCUT2D eigenvalue weighted by atomic mass is 9.96. The van der Waals surface area contributed by atoms with Crippen molar-refractivity contribution in [1.82, 2.24) is 5.32 Å². The first-order valence-corrected chi connectivity index (χ1v) is 6.10. The molecule has 1 saturated heterocycles. The highest BCUT2D eigenvalue weighted by atomic mass is 16.3. The Labute approximate surface area is 102 Å². The van der Waals surface area contributed by atoms with Gasteiger partial charge < -0.3 is 14.6 Å². The summed E-state index contributed by atoms with van der Waals surface area (Å²) in [4.78, 5) is 14.4. The van der Waals surface area contributed by atoms with Gasteiger partial charge in [-0.1, -0.05) is 0 Å². The SMILES string of the molecule is CNC1CCCC(C)(C)N(c2ccoc2)C1=O. The highest BCUT2D eigenvalue weighted by molar-refractivity contribution is 5.98. The van der Waals surface area contributed by atoms with Crippen molar-refractivity contribution in [3.05, 3.63) is 18.6 Å². The van der Waals surface area contributed by atoms with Crippen LogP contribution < -0.4 is 10.2 Å². The molecule has 0 spiro atoms. The number of carbonyl (C=O) groups is 1. The number of anilines is 1. The van der Waals surface area contributed by atoms with E-state index in [2.05, 4.69) is 19.2 Å². The van der Waals surface area contributed by atoms with Crippen LogP contribution in [0.4, 0.5) is 5.69 Å². The van der Waals surface area contributed by atoms with Crippen LogP contribution in [0, 0.1) is 0 Å². The molecule has 94 valence electrons. The van der Waals surface area contributed by atoms with Gasteiger partial charge >= 0.3 is 0 Å². The molecule has 2 rings (SSSR count). The zero-order valence-corrected chi connectivity index (χ0v) is 10.7. The summed E-state index contributed by atoms with van der Waals surface area (Å²) in [7, 11) is 1.84. The largest absolute Gasteiger partial charge is 0.470 e. The van der Waals surface area contributed by atoms with Crippen LogP contribution in [0.1, 0.15) is 33.1 Å². The molecule has 1 unspecified atom stereocenters. The van der Waals surface area contributed by atoms with Crippen LogP contribution in [-0.4, -0.2) is 24.5 Å². The molecule has 1 fully saturated rings. The summed E-state index contributed by atoms with van der Waals surface area (Å²) >= 11 is 0. The summed E-state index contributed by atoms with van der Waals surface area (Å²) in [6.07, 6.45) is 6.20. The van der Waals surface area contributed by atoms with E-state index in [4.69, 9.17) is 4.42 Å². The van der Waals surface area contributed by atoms with Crippen LogP contribution in [0.25, 0.3) is 0 Å². The highest BCUT2D eigenvalue weighted by Gasteiger charge is 2.38. The number of carbonyl (C=O) groups excluding carboxylic acids is 1. The first kappa shape index (κ1) is 12.2. The minimum Gasteiger partial charge on any atom is -0.470 e. The zero-order chi connectivity index (χ0) is 12.5. The Morgan fingerprint density at radius 2 is 2.29 bits per heavy atom. The van der Waals surface area contributed by atoms with E-state index in [1.54, 1.807) is 12.5 Å². The summed E-state index contributed by atoms with van der Waals surface area (Å²) in [5.41, 5.74) is 0.689. The van der Waals surface area contributed by atoms with E-state index < -0.39 is 0 Å². The third kappa shape index (κ3) is 2.22. The Bertz CT molecular complexity index is 384. The molecule has 4 nitrogen and oxygen atoms in total. The maximum atomic E-state index is 12.5. The maximum absolute atomic E-state index is 12.5. The van der Waals surface area contributed by atoms with Gasteiger partial charge in [0.05, 0.1) is 18.0 Å². The predicted octanol–water partition coefficient (Wildman–Crippen LogP) is 2.16. The van der Waals surface area contributed by atoms with Crippen molar-refractivity contribution in [1.29, 1.82) is 0 Å². The Balaban J connectivity index is 2.37. The lowest BCUT2D eigenvalue weighted by Crippen LogP contribution is -2.52. The molecule has 0 aromatic carbocycles. The van der Waals surface area contributed by atoms with Crippen LogP contribution >= 0.6 is 0 Å². The zero-order valence-electron chi connectivity index (χ0n) is 10.7. The van der Waals surface area contributed by atoms with Crippen LogP contribution in [0.3, 0.4) is 0 Å². The fraction of sp³-hybridized carbons (Fsp3) is 0.615. The highest BCUT2D eigenvalue weighted by Crippen LogP contribution is 2.32. The normalized spacial score (nSPS) is 24.8. The molecule has 0 bridgehead atoms. The van der Waals surface area contributed by atoms with Gasteiger partial charge in [-0.2, -0.15) is 0 Å². The van der Waals surface area contributed by atoms with E-state index in [0.29, 0.717) is 0 Å². The van der Waals surface area contributed by atoms with Crippen molar-refractivity contribution < 1.29 is 9.21 Å². The standard InChI is InChI=1S/C13H20N2O2/c1-13(2)7-4-5-11(14-3)12(16)15(13)10-6-8-17-9-10/h6,8-9,11,14H,4-5,7H2,1-3H3. The second-order valence-electron chi connectivity index (χ2n) is 5.20. The van der Waals surface area contributed by atoms with E-state index in [1.165, 1.54) is 0 Å². The van der Waals surface area contributed by atoms with Gasteiger partial charge in [-0.25, -0.2) is 0 Å². The van der Waals surface area contributed by atoms with E-state index in [0.717, 1.165) is 24.9 Å². The van der Waals surface area contributed by atoms with E-state index in [9.17, 15) is 4.79 Å². The molecular weight excluding hydrogens is 216 g/mol. The van der Waals surface area contributed by atoms with Crippen molar-refractivity contribution in [2.45, 2.75) is 44.7 Å². The monoisotopic (exact) mass is 236 g/mol. The topological polar surface area (TPSA) is 45.5 Å². The predicted molar refractivity (Wildman–Crippen MR) is 67.0 cm³/mol. The minimum atomic E-state index is -0.160. The number of nitrogens with zero attached hydrogens (tertiary/aromatic N) is 1. The lowest BCUT2D eigenvalue weighted by Gasteiger charge is -2.37. The molecule has 1 aromatic heterocycles. The Kier molecular flexibility index (Phi) is 3.24. The van der Waals surface area contributed by atoms with E-state index in [1.807, 2.05) is 18.0 Å². The number of amides is 1. The first-order valence-electron chi connectivity index (χ1n) is 6.10. The third-order valence-corrected chi connectivity index (χ3v) is 3.52. The number of furan rings is 1. The molecule has 4 heteroatoms. The average Bonchev–Trinajstić information content (AvgIpc) is 2.73.